The maximum Gasteiger partial charge on any atom is 0.268 e. The summed E-state index contributed by atoms with van der Waals surface area (Å²) in [6, 6.07) is -0.886. The lowest BCUT2D eigenvalue weighted by atomic mass is 10.1. The summed E-state index contributed by atoms with van der Waals surface area (Å²) in [7, 11) is 1.24. The van der Waals surface area contributed by atoms with E-state index in [1.165, 1.54) is 70.6 Å². The van der Waals surface area contributed by atoms with Gasteiger partial charge in [0.1, 0.15) is 13.2 Å². The van der Waals surface area contributed by atoms with Crippen molar-refractivity contribution in [2.75, 3.05) is 40.9 Å². The minimum absolute atomic E-state index is 0.00584. The van der Waals surface area contributed by atoms with Gasteiger partial charge in [0, 0.05) is 6.42 Å². The lowest BCUT2D eigenvalue weighted by Gasteiger charge is -2.29. The van der Waals surface area contributed by atoms with Gasteiger partial charge in [-0.25, -0.2) is 0 Å². The molecule has 9 heteroatoms. The number of likely N-dealkylation sites (N-methyl/N-ethyl adjacent to an activating group) is 1. The number of quaternary nitrogens is 1. The molecular weight excluding hydrogens is 635 g/mol. The molecule has 0 aromatic carbocycles. The number of nitrogens with zero attached hydrogens (tertiary/aromatic N) is 1. The van der Waals surface area contributed by atoms with Crippen molar-refractivity contribution in [1.29, 1.82) is 0 Å². The molecule has 0 aliphatic carbocycles. The third kappa shape index (κ3) is 34.7. The van der Waals surface area contributed by atoms with Crippen LogP contribution in [-0.2, 0) is 18.4 Å². The van der Waals surface area contributed by atoms with Crippen LogP contribution in [0.15, 0.2) is 48.6 Å². The second-order valence-corrected chi connectivity index (χ2v) is 15.7. The van der Waals surface area contributed by atoms with E-state index < -0.39 is 20.0 Å². The molecule has 0 rings (SSSR count). The van der Waals surface area contributed by atoms with Crippen LogP contribution in [0.5, 0.6) is 0 Å². The van der Waals surface area contributed by atoms with Gasteiger partial charge < -0.3 is 28.8 Å². The van der Waals surface area contributed by atoms with Crippen molar-refractivity contribution in [1.82, 2.24) is 5.32 Å². The second-order valence-electron chi connectivity index (χ2n) is 14.3. The normalized spacial score (nSPS) is 15.2. The Bertz CT molecular complexity index is 944. The number of allylic oxidation sites excluding steroid dienone is 7. The van der Waals surface area contributed by atoms with Gasteiger partial charge in [-0.05, 0) is 51.4 Å². The number of phosphoric acid groups is 1. The molecule has 0 saturated carbocycles. The van der Waals surface area contributed by atoms with Crippen LogP contribution in [0.2, 0.25) is 0 Å². The Morgan fingerprint density at radius 3 is 1.76 bits per heavy atom. The smallest absolute Gasteiger partial charge is 0.268 e. The fraction of sp³-hybridized carbons (Fsp3) is 0.775. The largest absolute Gasteiger partial charge is 0.756 e. The minimum Gasteiger partial charge on any atom is -0.756 e. The molecule has 0 bridgehead atoms. The first-order chi connectivity index (χ1) is 23.5. The summed E-state index contributed by atoms with van der Waals surface area (Å²) < 4.78 is 22.9. The van der Waals surface area contributed by atoms with E-state index >= 15 is 0 Å². The molecule has 8 nitrogen and oxygen atoms in total. The van der Waals surface area contributed by atoms with E-state index in [0.29, 0.717) is 17.4 Å². The van der Waals surface area contributed by atoms with Crippen LogP contribution < -0.4 is 10.2 Å². The van der Waals surface area contributed by atoms with Crippen LogP contribution in [0.25, 0.3) is 0 Å². The maximum atomic E-state index is 12.7. The van der Waals surface area contributed by atoms with Gasteiger partial charge in [0.05, 0.1) is 39.9 Å². The molecule has 286 valence electrons. The number of nitrogens with one attached hydrogen (secondary N) is 1. The Labute approximate surface area is 301 Å². The van der Waals surface area contributed by atoms with E-state index in [4.69, 9.17) is 9.05 Å². The molecule has 0 aromatic rings. The number of carbonyl (C=O) groups is 1. The van der Waals surface area contributed by atoms with Gasteiger partial charge in [-0.3, -0.25) is 9.36 Å². The van der Waals surface area contributed by atoms with Crippen molar-refractivity contribution in [3.8, 4) is 0 Å². The molecule has 0 radical (unpaired) electrons. The Kier molecular flexibility index (Phi) is 31.4. The van der Waals surface area contributed by atoms with Crippen LogP contribution in [-0.4, -0.2) is 68.5 Å². The average molecular weight is 711 g/mol. The number of rotatable bonds is 34. The minimum atomic E-state index is -4.57. The van der Waals surface area contributed by atoms with Crippen LogP contribution in [0.1, 0.15) is 149 Å². The predicted octanol–water partition coefficient (Wildman–Crippen LogP) is 9.50. The summed E-state index contributed by atoms with van der Waals surface area (Å²) in [6.07, 6.45) is 39.3. The van der Waals surface area contributed by atoms with E-state index in [9.17, 15) is 19.4 Å². The van der Waals surface area contributed by atoms with Crippen molar-refractivity contribution < 1.29 is 32.9 Å². The summed E-state index contributed by atoms with van der Waals surface area (Å²) >= 11 is 0. The van der Waals surface area contributed by atoms with E-state index in [1.807, 2.05) is 27.2 Å². The summed E-state index contributed by atoms with van der Waals surface area (Å²) in [4.78, 5) is 24.9. The summed E-state index contributed by atoms with van der Waals surface area (Å²) in [5, 5.41) is 13.4. The van der Waals surface area contributed by atoms with Gasteiger partial charge in [0.2, 0.25) is 5.91 Å². The summed E-state index contributed by atoms with van der Waals surface area (Å²) in [5.41, 5.74) is 0. The van der Waals surface area contributed by atoms with Crippen molar-refractivity contribution in [3.63, 3.8) is 0 Å². The summed E-state index contributed by atoms with van der Waals surface area (Å²) in [5.74, 6) is -0.217. The van der Waals surface area contributed by atoms with Crippen molar-refractivity contribution in [3.05, 3.63) is 48.6 Å². The predicted molar refractivity (Wildman–Crippen MR) is 205 cm³/mol. The zero-order valence-corrected chi connectivity index (χ0v) is 33.0. The maximum absolute atomic E-state index is 12.7. The van der Waals surface area contributed by atoms with Crippen LogP contribution in [0, 0.1) is 0 Å². The third-order valence-corrected chi connectivity index (χ3v) is 9.25. The Balaban J connectivity index is 4.11. The number of hydrogen-bond acceptors (Lipinski definition) is 6. The van der Waals surface area contributed by atoms with Crippen molar-refractivity contribution >= 4 is 13.7 Å². The molecule has 0 aliphatic heterocycles. The quantitative estimate of drug-likeness (QED) is 0.0298. The van der Waals surface area contributed by atoms with Crippen molar-refractivity contribution in [2.45, 2.75) is 161 Å². The number of phosphoric ester groups is 1. The second kappa shape index (κ2) is 32.4. The highest BCUT2D eigenvalue weighted by Crippen LogP contribution is 2.38. The molecule has 0 spiro atoms. The van der Waals surface area contributed by atoms with Crippen LogP contribution in [0.3, 0.4) is 0 Å². The molecule has 0 aliphatic rings. The molecule has 2 N–H and O–H groups in total. The fourth-order valence-corrected chi connectivity index (χ4v) is 5.81. The summed E-state index contributed by atoms with van der Waals surface area (Å²) in [6.45, 7) is 4.44. The molecule has 49 heavy (non-hydrogen) atoms. The molecule has 0 heterocycles. The van der Waals surface area contributed by atoms with E-state index in [1.54, 1.807) is 6.08 Å². The SMILES string of the molecule is CCCC/C=C/C(O)C(COP(=O)([O-])OCC[N+](C)(C)C)NC(=O)CCCCCCCCCC/C=C\C/C=C\C/C=C\CCCCCCC. The van der Waals surface area contributed by atoms with Gasteiger partial charge in [0.15, 0.2) is 0 Å². The Morgan fingerprint density at radius 2 is 1.20 bits per heavy atom. The number of unbranched alkanes of at least 4 members (excludes halogenated alkanes) is 15. The van der Waals surface area contributed by atoms with E-state index in [-0.39, 0.29) is 19.1 Å². The highest BCUT2D eigenvalue weighted by atomic mass is 31.2. The number of hydrogen-bond donors (Lipinski definition) is 2. The zero-order chi connectivity index (χ0) is 36.5. The molecule has 3 atom stereocenters. The fourth-order valence-electron chi connectivity index (χ4n) is 5.08. The van der Waals surface area contributed by atoms with Gasteiger partial charge >= 0.3 is 0 Å². The number of aliphatic hydroxyl groups excluding tert-OH is 1. The Morgan fingerprint density at radius 1 is 0.714 bits per heavy atom. The van der Waals surface area contributed by atoms with Crippen LogP contribution in [0.4, 0.5) is 0 Å². The molecule has 3 unspecified atom stereocenters. The van der Waals surface area contributed by atoms with E-state index in [2.05, 4.69) is 55.6 Å². The van der Waals surface area contributed by atoms with E-state index in [0.717, 1.165) is 57.8 Å². The zero-order valence-electron chi connectivity index (χ0n) is 32.1. The average Bonchev–Trinajstić information content (AvgIpc) is 3.04. The standard InChI is InChI=1S/C40H75N2O6P/c1-6-8-10-12-13-14-15-16-17-18-19-20-21-22-23-24-25-26-27-28-29-30-32-34-40(44)41-38(39(43)33-31-11-9-7-2)37-48-49(45,46)47-36-35-42(3,4)5/h15-16,18-19,21-22,31,33,38-39,43H,6-14,17,20,23-30,32,34-37H2,1-5H3,(H-,41,44,45,46)/b16-15-,19-18-,22-21-,33-31+. The van der Waals surface area contributed by atoms with Crippen molar-refractivity contribution in [2.24, 2.45) is 0 Å². The van der Waals surface area contributed by atoms with Gasteiger partial charge in [0.25, 0.3) is 7.82 Å². The number of amides is 1. The topological polar surface area (TPSA) is 108 Å². The van der Waals surface area contributed by atoms with Crippen LogP contribution >= 0.6 is 7.82 Å². The lowest BCUT2D eigenvalue weighted by molar-refractivity contribution is -0.870. The molecule has 0 fully saturated rings. The van der Waals surface area contributed by atoms with Gasteiger partial charge in [-0.2, -0.15) is 0 Å². The first-order valence-corrected chi connectivity index (χ1v) is 21.0. The molecular formula is C40H75N2O6P. The van der Waals surface area contributed by atoms with Gasteiger partial charge in [-0.1, -0.05) is 140 Å². The molecule has 1 amide bonds. The number of carbonyl (C=O) groups excluding carboxylic acids is 1. The first kappa shape index (κ1) is 47.5. The highest BCUT2D eigenvalue weighted by molar-refractivity contribution is 7.45. The lowest BCUT2D eigenvalue weighted by Crippen LogP contribution is -2.45. The first-order valence-electron chi connectivity index (χ1n) is 19.5. The number of aliphatic hydroxyl groups is 1. The van der Waals surface area contributed by atoms with Gasteiger partial charge in [-0.15, -0.1) is 0 Å². The monoisotopic (exact) mass is 711 g/mol. The highest BCUT2D eigenvalue weighted by Gasteiger charge is 2.23. The Hall–Kier alpha value is -1.54. The molecule has 0 saturated heterocycles. The third-order valence-electron chi connectivity index (χ3n) is 8.28. The molecule has 0 aromatic heterocycles.